The summed E-state index contributed by atoms with van der Waals surface area (Å²) in [5.41, 5.74) is 0.559. The van der Waals surface area contributed by atoms with Crippen LogP contribution in [0.4, 0.5) is 0 Å². The lowest BCUT2D eigenvalue weighted by molar-refractivity contribution is -0.0848. The first-order valence-corrected chi connectivity index (χ1v) is 6.32. The molecule has 0 aromatic carbocycles. The van der Waals surface area contributed by atoms with Gasteiger partial charge in [0.25, 0.3) is 0 Å². The van der Waals surface area contributed by atoms with Crippen LogP contribution in [0.25, 0.3) is 0 Å². The molecule has 2 aliphatic carbocycles. The molecule has 18 heavy (non-hydrogen) atoms. The number of carboxylic acid groups (broad SMARTS) is 1. The molecular formula is C13H16N2O3. The number of carbonyl (C=O) groups is 1. The Bertz CT molecular complexity index is 487. The molecular weight excluding hydrogens is 232 g/mol. The summed E-state index contributed by atoms with van der Waals surface area (Å²) in [5.74, 6) is 0.0125. The molecule has 2 saturated carbocycles. The molecule has 0 saturated heterocycles. The maximum absolute atomic E-state index is 11.2. The minimum atomic E-state index is -0.941. The highest BCUT2D eigenvalue weighted by Gasteiger charge is 2.43. The van der Waals surface area contributed by atoms with Crippen molar-refractivity contribution in [3.05, 3.63) is 23.3 Å². The minimum absolute atomic E-state index is 0.242. The van der Waals surface area contributed by atoms with Gasteiger partial charge in [-0.15, -0.1) is 0 Å². The second kappa shape index (κ2) is 4.02. The Hall–Kier alpha value is -1.49. The molecule has 0 unspecified atom stereocenters. The highest BCUT2D eigenvalue weighted by atomic mass is 16.5. The average Bonchev–Trinajstić information content (AvgIpc) is 3.11. The summed E-state index contributed by atoms with van der Waals surface area (Å²) in [4.78, 5) is 19.9. The number of methoxy groups -OCH3 is 1. The standard InChI is InChI=1S/C13H16N2O3/c1-18-13(5-2-6-13)12-14-7-9(11(16)17)10(15-12)8-3-4-8/h7-8H,2-6H2,1H3,(H,16,17). The van der Waals surface area contributed by atoms with Crippen molar-refractivity contribution < 1.29 is 14.6 Å². The predicted molar refractivity (Wildman–Crippen MR) is 63.5 cm³/mol. The first kappa shape index (κ1) is 11.6. The predicted octanol–water partition coefficient (Wildman–Crippen LogP) is 2.08. The Kier molecular flexibility index (Phi) is 2.59. The van der Waals surface area contributed by atoms with Crippen molar-refractivity contribution in [3.63, 3.8) is 0 Å². The second-order valence-electron chi connectivity index (χ2n) is 5.12. The fourth-order valence-electron chi connectivity index (χ4n) is 2.46. The summed E-state index contributed by atoms with van der Waals surface area (Å²) >= 11 is 0. The van der Waals surface area contributed by atoms with Gasteiger partial charge in [-0.25, -0.2) is 14.8 Å². The largest absolute Gasteiger partial charge is 0.478 e. The van der Waals surface area contributed by atoms with Gasteiger partial charge in [0.05, 0.1) is 11.3 Å². The summed E-state index contributed by atoms with van der Waals surface area (Å²) in [6.07, 6.45) is 6.43. The number of rotatable bonds is 4. The highest BCUT2D eigenvalue weighted by Crippen LogP contribution is 2.45. The van der Waals surface area contributed by atoms with Gasteiger partial charge >= 0.3 is 5.97 Å². The van der Waals surface area contributed by atoms with E-state index in [2.05, 4.69) is 9.97 Å². The molecule has 5 nitrogen and oxygen atoms in total. The van der Waals surface area contributed by atoms with Crippen LogP contribution in [0.5, 0.6) is 0 Å². The smallest absolute Gasteiger partial charge is 0.339 e. The number of aromatic carboxylic acids is 1. The molecule has 1 aromatic heterocycles. The molecule has 0 atom stereocenters. The van der Waals surface area contributed by atoms with Crippen molar-refractivity contribution in [3.8, 4) is 0 Å². The van der Waals surface area contributed by atoms with E-state index in [1.54, 1.807) is 7.11 Å². The third kappa shape index (κ3) is 1.70. The highest BCUT2D eigenvalue weighted by molar-refractivity contribution is 5.88. The topological polar surface area (TPSA) is 72.3 Å². The Morgan fingerprint density at radius 2 is 2.22 bits per heavy atom. The van der Waals surface area contributed by atoms with Crippen LogP contribution in [0.2, 0.25) is 0 Å². The molecule has 1 heterocycles. The van der Waals surface area contributed by atoms with Crippen LogP contribution in [-0.2, 0) is 10.3 Å². The van der Waals surface area contributed by atoms with E-state index >= 15 is 0 Å². The van der Waals surface area contributed by atoms with Gasteiger partial charge in [-0.3, -0.25) is 0 Å². The Morgan fingerprint density at radius 1 is 1.50 bits per heavy atom. The van der Waals surface area contributed by atoms with E-state index in [0.29, 0.717) is 17.4 Å². The third-order valence-electron chi connectivity index (χ3n) is 3.97. The van der Waals surface area contributed by atoms with Crippen molar-refractivity contribution in [2.24, 2.45) is 0 Å². The zero-order valence-electron chi connectivity index (χ0n) is 10.3. The van der Waals surface area contributed by atoms with Crippen LogP contribution in [0.1, 0.15) is 59.9 Å². The molecule has 2 aliphatic rings. The summed E-state index contributed by atoms with van der Waals surface area (Å²) in [6, 6.07) is 0. The summed E-state index contributed by atoms with van der Waals surface area (Å²) < 4.78 is 5.54. The number of aromatic nitrogens is 2. The van der Waals surface area contributed by atoms with E-state index in [-0.39, 0.29) is 11.2 Å². The molecule has 2 fully saturated rings. The molecule has 5 heteroatoms. The van der Waals surface area contributed by atoms with Gasteiger partial charge in [0.2, 0.25) is 0 Å². The number of nitrogens with zero attached hydrogens (tertiary/aromatic N) is 2. The Labute approximate surface area is 105 Å². The quantitative estimate of drug-likeness (QED) is 0.883. The summed E-state index contributed by atoms with van der Waals surface area (Å²) in [6.45, 7) is 0. The lowest BCUT2D eigenvalue weighted by atomic mass is 9.79. The van der Waals surface area contributed by atoms with E-state index in [0.717, 1.165) is 32.1 Å². The SMILES string of the molecule is COC1(c2ncc(C(=O)O)c(C3CC3)n2)CCC1. The van der Waals surface area contributed by atoms with Crippen molar-refractivity contribution in [2.45, 2.75) is 43.6 Å². The van der Waals surface area contributed by atoms with Crippen LogP contribution in [0.3, 0.4) is 0 Å². The number of hydrogen-bond donors (Lipinski definition) is 1. The van der Waals surface area contributed by atoms with Gasteiger partial charge in [0, 0.05) is 19.2 Å². The van der Waals surface area contributed by atoms with E-state index in [4.69, 9.17) is 9.84 Å². The zero-order valence-corrected chi connectivity index (χ0v) is 10.3. The van der Waals surface area contributed by atoms with Crippen LogP contribution in [-0.4, -0.2) is 28.2 Å². The molecule has 0 aliphatic heterocycles. The fourth-order valence-corrected chi connectivity index (χ4v) is 2.46. The van der Waals surface area contributed by atoms with Crippen LogP contribution >= 0.6 is 0 Å². The molecule has 0 amide bonds. The molecule has 96 valence electrons. The fraction of sp³-hybridized carbons (Fsp3) is 0.615. The first-order chi connectivity index (χ1) is 8.66. The lowest BCUT2D eigenvalue weighted by Gasteiger charge is -2.38. The normalized spacial score (nSPS) is 21.4. The van der Waals surface area contributed by atoms with Crippen LogP contribution < -0.4 is 0 Å². The van der Waals surface area contributed by atoms with E-state index in [1.807, 2.05) is 0 Å². The van der Waals surface area contributed by atoms with Crippen LogP contribution in [0.15, 0.2) is 6.20 Å². The van der Waals surface area contributed by atoms with Gasteiger partial charge in [0.15, 0.2) is 5.82 Å². The third-order valence-corrected chi connectivity index (χ3v) is 3.97. The van der Waals surface area contributed by atoms with Gasteiger partial charge in [0.1, 0.15) is 5.60 Å². The van der Waals surface area contributed by atoms with Gasteiger partial charge in [-0.2, -0.15) is 0 Å². The molecule has 0 radical (unpaired) electrons. The van der Waals surface area contributed by atoms with E-state index in [9.17, 15) is 4.79 Å². The minimum Gasteiger partial charge on any atom is -0.478 e. The zero-order chi connectivity index (χ0) is 12.8. The number of carboxylic acids is 1. The monoisotopic (exact) mass is 248 g/mol. The van der Waals surface area contributed by atoms with Crippen molar-refractivity contribution >= 4 is 5.97 Å². The second-order valence-corrected chi connectivity index (χ2v) is 5.12. The van der Waals surface area contributed by atoms with Crippen molar-refractivity contribution in [1.29, 1.82) is 0 Å². The maximum Gasteiger partial charge on any atom is 0.339 e. The lowest BCUT2D eigenvalue weighted by Crippen LogP contribution is -2.38. The molecule has 3 rings (SSSR count). The average molecular weight is 248 g/mol. The molecule has 0 spiro atoms. The summed E-state index contributed by atoms with van der Waals surface area (Å²) in [7, 11) is 1.67. The van der Waals surface area contributed by atoms with Crippen molar-refractivity contribution in [1.82, 2.24) is 9.97 Å². The molecule has 1 aromatic rings. The van der Waals surface area contributed by atoms with E-state index < -0.39 is 5.97 Å². The van der Waals surface area contributed by atoms with E-state index in [1.165, 1.54) is 6.20 Å². The van der Waals surface area contributed by atoms with Crippen LogP contribution in [0, 0.1) is 0 Å². The molecule has 0 bridgehead atoms. The van der Waals surface area contributed by atoms with Gasteiger partial charge < -0.3 is 9.84 Å². The Balaban J connectivity index is 2.02. The Morgan fingerprint density at radius 3 is 2.67 bits per heavy atom. The number of hydrogen-bond acceptors (Lipinski definition) is 4. The maximum atomic E-state index is 11.2. The first-order valence-electron chi connectivity index (χ1n) is 6.32. The number of ether oxygens (including phenoxy) is 1. The molecule has 1 N–H and O–H groups in total. The van der Waals surface area contributed by atoms with Gasteiger partial charge in [-0.1, -0.05) is 0 Å². The van der Waals surface area contributed by atoms with Gasteiger partial charge in [-0.05, 0) is 32.1 Å². The van der Waals surface area contributed by atoms with Crippen molar-refractivity contribution in [2.75, 3.05) is 7.11 Å². The summed E-state index contributed by atoms with van der Waals surface area (Å²) in [5, 5.41) is 9.15.